The third-order valence-corrected chi connectivity index (χ3v) is 7.17. The molecule has 1 heterocycles. The lowest BCUT2D eigenvalue weighted by Crippen LogP contribution is -2.42. The molecule has 4 aromatic carbocycles. The van der Waals surface area contributed by atoms with Gasteiger partial charge in [0.25, 0.3) is 5.91 Å². The zero-order chi connectivity index (χ0) is 29.6. The molecule has 0 aliphatic carbocycles. The van der Waals surface area contributed by atoms with Gasteiger partial charge in [0.1, 0.15) is 12.4 Å². The summed E-state index contributed by atoms with van der Waals surface area (Å²) in [7, 11) is 0. The number of amides is 2. The number of fused-ring (bicyclic) bond motifs is 1. The maximum absolute atomic E-state index is 14.0. The lowest BCUT2D eigenvalue weighted by molar-refractivity contribution is -0.137. The minimum Gasteiger partial charge on any atom is -0.481 e. The third-order valence-electron chi connectivity index (χ3n) is 7.17. The summed E-state index contributed by atoms with van der Waals surface area (Å²) >= 11 is 0. The lowest BCUT2D eigenvalue weighted by atomic mass is 9.95. The standard InChI is InChI=1S/C34H30N4O4/c35-33(36)27-16-13-23(14-17-27)11-12-24-15-18-29-28(21-24)34(42)37(20-19-31(40)41)22-30(39)38(29)32(25-7-3-1-4-8-25)26-9-5-2-6-10-26/h1-18,21,32H,19-20,22H2,(H3,35,36)(H,40,41). The summed E-state index contributed by atoms with van der Waals surface area (Å²) in [5.74, 6) is -1.76. The predicted molar refractivity (Wildman–Crippen MR) is 163 cm³/mol. The summed E-state index contributed by atoms with van der Waals surface area (Å²) in [6.07, 6.45) is 3.47. The molecule has 210 valence electrons. The largest absolute Gasteiger partial charge is 0.481 e. The van der Waals surface area contributed by atoms with Gasteiger partial charge in [0, 0.05) is 12.1 Å². The van der Waals surface area contributed by atoms with E-state index in [1.807, 2.05) is 91.0 Å². The van der Waals surface area contributed by atoms with Gasteiger partial charge in [0.05, 0.1) is 23.7 Å². The van der Waals surface area contributed by atoms with Gasteiger partial charge in [-0.3, -0.25) is 24.7 Å². The van der Waals surface area contributed by atoms with E-state index in [9.17, 15) is 19.5 Å². The molecule has 4 aromatic rings. The normalized spacial score (nSPS) is 13.4. The molecule has 0 radical (unpaired) electrons. The molecule has 0 atom stereocenters. The van der Waals surface area contributed by atoms with Crippen molar-refractivity contribution >= 4 is 41.5 Å². The van der Waals surface area contributed by atoms with Gasteiger partial charge in [-0.1, -0.05) is 103 Å². The van der Waals surface area contributed by atoms with Crippen molar-refractivity contribution in [2.45, 2.75) is 12.5 Å². The van der Waals surface area contributed by atoms with Crippen molar-refractivity contribution in [3.63, 3.8) is 0 Å². The molecule has 42 heavy (non-hydrogen) atoms. The summed E-state index contributed by atoms with van der Waals surface area (Å²) in [4.78, 5) is 42.2. The van der Waals surface area contributed by atoms with E-state index in [1.54, 1.807) is 29.2 Å². The van der Waals surface area contributed by atoms with Gasteiger partial charge in [0.15, 0.2) is 0 Å². The van der Waals surface area contributed by atoms with Crippen molar-refractivity contribution in [3.05, 3.63) is 137 Å². The highest BCUT2D eigenvalue weighted by atomic mass is 16.4. The Morgan fingerprint density at radius 1 is 0.857 bits per heavy atom. The van der Waals surface area contributed by atoms with E-state index in [0.717, 1.165) is 22.3 Å². The van der Waals surface area contributed by atoms with E-state index in [4.69, 9.17) is 11.1 Å². The highest BCUT2D eigenvalue weighted by Gasteiger charge is 2.36. The number of amidine groups is 1. The van der Waals surface area contributed by atoms with E-state index in [2.05, 4.69) is 0 Å². The van der Waals surface area contributed by atoms with E-state index in [-0.39, 0.29) is 31.3 Å². The Balaban J connectivity index is 1.60. The number of benzene rings is 4. The molecule has 0 saturated carbocycles. The highest BCUT2D eigenvalue weighted by molar-refractivity contribution is 6.10. The van der Waals surface area contributed by atoms with Crippen LogP contribution in [0, 0.1) is 5.41 Å². The van der Waals surface area contributed by atoms with Crippen LogP contribution in [0.1, 0.15) is 50.6 Å². The van der Waals surface area contributed by atoms with Gasteiger partial charge in [-0.15, -0.1) is 0 Å². The number of carbonyl (C=O) groups is 3. The number of carboxylic acids is 1. The number of nitrogen functional groups attached to an aromatic ring is 1. The zero-order valence-electron chi connectivity index (χ0n) is 22.8. The summed E-state index contributed by atoms with van der Waals surface area (Å²) in [6.45, 7) is -0.332. The average molecular weight is 559 g/mol. The van der Waals surface area contributed by atoms with Crippen LogP contribution in [0.5, 0.6) is 0 Å². The predicted octanol–water partition coefficient (Wildman–Crippen LogP) is 5.19. The van der Waals surface area contributed by atoms with Gasteiger partial charge in [-0.25, -0.2) is 0 Å². The van der Waals surface area contributed by atoms with Crippen LogP contribution in [0.15, 0.2) is 103 Å². The topological polar surface area (TPSA) is 128 Å². The van der Waals surface area contributed by atoms with Crippen molar-refractivity contribution in [1.82, 2.24) is 4.90 Å². The van der Waals surface area contributed by atoms with Crippen LogP contribution in [0.4, 0.5) is 5.69 Å². The second-order valence-corrected chi connectivity index (χ2v) is 10.0. The van der Waals surface area contributed by atoms with Crippen LogP contribution in [-0.2, 0) is 9.59 Å². The molecule has 0 spiro atoms. The van der Waals surface area contributed by atoms with Gasteiger partial charge in [-0.05, 0) is 34.4 Å². The molecule has 5 rings (SSSR count). The maximum Gasteiger partial charge on any atom is 0.305 e. The van der Waals surface area contributed by atoms with E-state index in [0.29, 0.717) is 16.8 Å². The lowest BCUT2D eigenvalue weighted by Gasteiger charge is -2.32. The average Bonchev–Trinajstić information content (AvgIpc) is 3.10. The monoisotopic (exact) mass is 558 g/mol. The number of rotatable bonds is 9. The molecule has 0 fully saturated rings. The second kappa shape index (κ2) is 12.3. The number of nitrogens with two attached hydrogens (primary N) is 1. The number of aliphatic carboxylic acids is 1. The van der Waals surface area contributed by atoms with Crippen LogP contribution < -0.4 is 10.6 Å². The van der Waals surface area contributed by atoms with Crippen LogP contribution >= 0.6 is 0 Å². The van der Waals surface area contributed by atoms with Gasteiger partial charge >= 0.3 is 5.97 Å². The van der Waals surface area contributed by atoms with Crippen molar-refractivity contribution in [1.29, 1.82) is 5.41 Å². The molecule has 8 nitrogen and oxygen atoms in total. The summed E-state index contributed by atoms with van der Waals surface area (Å²) in [6, 6.07) is 31.4. The van der Waals surface area contributed by atoms with Crippen LogP contribution in [0.2, 0.25) is 0 Å². The third kappa shape index (κ3) is 6.13. The quantitative estimate of drug-likeness (QED) is 0.148. The number of carboxylic acid groups (broad SMARTS) is 1. The molecular weight excluding hydrogens is 528 g/mol. The van der Waals surface area contributed by atoms with Gasteiger partial charge < -0.3 is 15.7 Å². The molecule has 2 amide bonds. The minimum atomic E-state index is -1.05. The fourth-order valence-electron chi connectivity index (χ4n) is 5.08. The highest BCUT2D eigenvalue weighted by Crippen LogP contribution is 2.37. The van der Waals surface area contributed by atoms with Crippen molar-refractivity contribution in [2.24, 2.45) is 5.73 Å². The minimum absolute atomic E-state index is 0.00865. The molecule has 0 unspecified atom stereocenters. The van der Waals surface area contributed by atoms with Crippen molar-refractivity contribution in [2.75, 3.05) is 18.0 Å². The Hall–Kier alpha value is -5.50. The Morgan fingerprint density at radius 3 is 2.00 bits per heavy atom. The first kappa shape index (κ1) is 28.0. The number of nitrogens with zero attached hydrogens (tertiary/aromatic N) is 2. The van der Waals surface area contributed by atoms with Crippen LogP contribution in [0.3, 0.4) is 0 Å². The number of carbonyl (C=O) groups excluding carboxylic acids is 2. The number of hydrogen-bond donors (Lipinski definition) is 3. The van der Waals surface area contributed by atoms with E-state index in [1.165, 1.54) is 4.90 Å². The Labute approximate surface area is 243 Å². The number of nitrogens with one attached hydrogen (secondary N) is 1. The SMILES string of the molecule is N=C(N)c1ccc(C=Cc2ccc3c(c2)C(=O)N(CCC(=O)O)CC(=O)N3C(c2ccccc2)c2ccccc2)cc1. The van der Waals surface area contributed by atoms with E-state index >= 15 is 0 Å². The summed E-state index contributed by atoms with van der Waals surface area (Å²) in [5.41, 5.74) is 10.3. The maximum atomic E-state index is 14.0. The molecule has 1 aliphatic heterocycles. The number of anilines is 1. The second-order valence-electron chi connectivity index (χ2n) is 10.0. The Morgan fingerprint density at radius 2 is 1.43 bits per heavy atom. The zero-order valence-corrected chi connectivity index (χ0v) is 22.8. The number of hydrogen-bond acceptors (Lipinski definition) is 4. The van der Waals surface area contributed by atoms with Crippen molar-refractivity contribution in [3.8, 4) is 0 Å². The molecule has 0 bridgehead atoms. The fourth-order valence-corrected chi connectivity index (χ4v) is 5.08. The fraction of sp³-hybridized carbons (Fsp3) is 0.118. The van der Waals surface area contributed by atoms with Crippen molar-refractivity contribution < 1.29 is 19.5 Å². The summed E-state index contributed by atoms with van der Waals surface area (Å²) < 4.78 is 0. The summed E-state index contributed by atoms with van der Waals surface area (Å²) in [5, 5.41) is 16.9. The van der Waals surface area contributed by atoms with Gasteiger partial charge in [-0.2, -0.15) is 0 Å². The Bertz CT molecular complexity index is 1610. The molecule has 4 N–H and O–H groups in total. The molecular formula is C34H30N4O4. The van der Waals surface area contributed by atoms with Gasteiger partial charge in [0.2, 0.25) is 5.91 Å². The Kier molecular flexibility index (Phi) is 8.24. The molecule has 8 heteroatoms. The first-order valence-corrected chi connectivity index (χ1v) is 13.5. The van der Waals surface area contributed by atoms with Crippen LogP contribution in [0.25, 0.3) is 12.2 Å². The smallest absolute Gasteiger partial charge is 0.305 e. The van der Waals surface area contributed by atoms with Crippen LogP contribution in [-0.4, -0.2) is 46.7 Å². The molecule has 0 saturated heterocycles. The first-order chi connectivity index (χ1) is 20.3. The molecule has 1 aliphatic rings. The van der Waals surface area contributed by atoms with E-state index < -0.39 is 17.9 Å². The molecule has 0 aromatic heterocycles. The first-order valence-electron chi connectivity index (χ1n) is 13.5.